The van der Waals surface area contributed by atoms with E-state index in [-0.39, 0.29) is 0 Å². The fourth-order valence-corrected chi connectivity index (χ4v) is 4.47. The van der Waals surface area contributed by atoms with Crippen molar-refractivity contribution in [1.29, 1.82) is 0 Å². The first-order valence-corrected chi connectivity index (χ1v) is 10.9. The van der Waals surface area contributed by atoms with E-state index in [9.17, 15) is 22.0 Å². The fourth-order valence-electron chi connectivity index (χ4n) is 3.40. The van der Waals surface area contributed by atoms with Gasteiger partial charge in [0, 0.05) is 12.1 Å². The molecule has 2 aliphatic rings. The van der Waals surface area contributed by atoms with Crippen LogP contribution in [0.5, 0.6) is 5.75 Å². The molecule has 1 N–H and O–H groups in total. The molecule has 10 heteroatoms. The first kappa shape index (κ1) is 20.3. The van der Waals surface area contributed by atoms with Crippen LogP contribution in [0, 0.1) is 5.92 Å². The minimum atomic E-state index is -4.47. The van der Waals surface area contributed by atoms with E-state index < -0.39 is 39.4 Å². The Labute approximate surface area is 172 Å². The van der Waals surface area contributed by atoms with Crippen LogP contribution in [-0.2, 0) is 10.0 Å². The van der Waals surface area contributed by atoms with Crippen molar-refractivity contribution in [3.63, 3.8) is 0 Å². The van der Waals surface area contributed by atoms with Crippen molar-refractivity contribution in [3.05, 3.63) is 60.2 Å². The minimum absolute atomic E-state index is 0.311. The standard InChI is InChI=1S/C20H19F2N3O4S/c21-19(22)29-17-8-4-5-9-18(17)30(27,28)24-20(26)25-16(14-6-2-1-3-7-14)12-15(23-25)13-10-11-13/h1-9,13,16,19H,10-12H2,(H,24,26). The molecular weight excluding hydrogens is 416 g/mol. The van der Waals surface area contributed by atoms with Gasteiger partial charge in [0.2, 0.25) is 0 Å². The zero-order chi connectivity index (χ0) is 21.3. The number of alkyl halides is 2. The number of hydrazone groups is 1. The van der Waals surface area contributed by atoms with E-state index >= 15 is 0 Å². The second kappa shape index (κ2) is 8.02. The first-order chi connectivity index (χ1) is 14.3. The molecule has 0 aromatic heterocycles. The third-order valence-corrected chi connectivity index (χ3v) is 6.31. The summed E-state index contributed by atoms with van der Waals surface area (Å²) in [5.74, 6) is -0.234. The highest BCUT2D eigenvalue weighted by molar-refractivity contribution is 7.90. The van der Waals surface area contributed by atoms with Gasteiger partial charge < -0.3 is 4.74 Å². The van der Waals surface area contributed by atoms with Gasteiger partial charge >= 0.3 is 12.6 Å². The first-order valence-electron chi connectivity index (χ1n) is 9.37. The smallest absolute Gasteiger partial charge is 0.387 e. The molecule has 158 valence electrons. The Morgan fingerprint density at radius 2 is 1.77 bits per heavy atom. The number of benzene rings is 2. The lowest BCUT2D eigenvalue weighted by atomic mass is 10.0. The van der Waals surface area contributed by atoms with Gasteiger partial charge in [-0.3, -0.25) is 0 Å². The molecule has 1 unspecified atom stereocenters. The van der Waals surface area contributed by atoms with E-state index in [1.807, 2.05) is 35.1 Å². The lowest BCUT2D eigenvalue weighted by Crippen LogP contribution is -2.40. The lowest BCUT2D eigenvalue weighted by molar-refractivity contribution is -0.0517. The zero-order valence-corrected chi connectivity index (χ0v) is 16.6. The van der Waals surface area contributed by atoms with E-state index in [2.05, 4.69) is 9.84 Å². The van der Waals surface area contributed by atoms with Gasteiger partial charge in [-0.25, -0.2) is 22.9 Å². The number of ether oxygens (including phenoxy) is 1. The number of sulfonamides is 1. The topological polar surface area (TPSA) is 88.1 Å². The number of halogens is 2. The fraction of sp³-hybridized carbons (Fsp3) is 0.300. The number of nitrogens with one attached hydrogen (secondary N) is 1. The number of hydrogen-bond acceptors (Lipinski definition) is 5. The van der Waals surface area contributed by atoms with Crippen LogP contribution < -0.4 is 9.46 Å². The average molecular weight is 435 g/mol. The molecule has 0 saturated heterocycles. The monoisotopic (exact) mass is 435 g/mol. The summed E-state index contributed by atoms with van der Waals surface area (Å²) in [7, 11) is -4.47. The van der Waals surface area contributed by atoms with E-state index in [1.165, 1.54) is 12.1 Å². The van der Waals surface area contributed by atoms with Crippen LogP contribution in [0.15, 0.2) is 64.6 Å². The summed E-state index contributed by atoms with van der Waals surface area (Å²) in [5.41, 5.74) is 1.68. The van der Waals surface area contributed by atoms with Gasteiger partial charge in [0.05, 0.1) is 6.04 Å². The van der Waals surface area contributed by atoms with Crippen LogP contribution in [0.3, 0.4) is 0 Å². The normalized spacial score (nSPS) is 19.0. The van der Waals surface area contributed by atoms with Gasteiger partial charge in [-0.2, -0.15) is 13.9 Å². The lowest BCUT2D eigenvalue weighted by Gasteiger charge is -2.22. The molecule has 2 aromatic carbocycles. The number of carbonyl (C=O) groups excluding carboxylic acids is 1. The highest BCUT2D eigenvalue weighted by atomic mass is 32.2. The maximum atomic E-state index is 12.9. The Balaban J connectivity index is 1.60. The van der Waals surface area contributed by atoms with Crippen molar-refractivity contribution in [2.24, 2.45) is 11.0 Å². The highest BCUT2D eigenvalue weighted by Crippen LogP contribution is 2.40. The molecule has 4 rings (SSSR count). The Hall–Kier alpha value is -3.01. The summed E-state index contributed by atoms with van der Waals surface area (Å²) in [5, 5.41) is 5.50. The number of nitrogens with zero attached hydrogens (tertiary/aromatic N) is 2. The molecule has 2 aromatic rings. The van der Waals surface area contributed by atoms with Crippen LogP contribution in [-0.4, -0.2) is 31.8 Å². The molecule has 7 nitrogen and oxygen atoms in total. The van der Waals surface area contributed by atoms with Gasteiger partial charge in [-0.05, 0) is 36.5 Å². The van der Waals surface area contributed by atoms with Gasteiger partial charge in [0.25, 0.3) is 10.0 Å². The maximum Gasteiger partial charge on any atom is 0.387 e. The van der Waals surface area contributed by atoms with Crippen LogP contribution in [0.4, 0.5) is 13.6 Å². The summed E-state index contributed by atoms with van der Waals surface area (Å²) in [6, 6.07) is 12.7. The Bertz CT molecular complexity index is 1070. The molecule has 1 fully saturated rings. The number of amides is 2. The summed E-state index contributed by atoms with van der Waals surface area (Å²) in [4.78, 5) is 12.3. The highest BCUT2D eigenvalue weighted by Gasteiger charge is 2.40. The molecule has 0 radical (unpaired) electrons. The predicted molar refractivity (Wildman–Crippen MR) is 105 cm³/mol. The van der Waals surface area contributed by atoms with Crippen molar-refractivity contribution in [3.8, 4) is 5.75 Å². The second-order valence-electron chi connectivity index (χ2n) is 7.08. The summed E-state index contributed by atoms with van der Waals surface area (Å²) in [6.45, 7) is -3.20. The van der Waals surface area contributed by atoms with E-state index in [4.69, 9.17) is 0 Å². The van der Waals surface area contributed by atoms with E-state index in [0.717, 1.165) is 41.3 Å². The van der Waals surface area contributed by atoms with E-state index in [1.54, 1.807) is 0 Å². The Morgan fingerprint density at radius 3 is 2.43 bits per heavy atom. The van der Waals surface area contributed by atoms with Crippen LogP contribution in [0.1, 0.15) is 30.9 Å². The number of carbonyl (C=O) groups is 1. The maximum absolute atomic E-state index is 12.9. The molecular formula is C20H19F2N3O4S. The van der Waals surface area contributed by atoms with Gasteiger partial charge in [-0.1, -0.05) is 42.5 Å². The SMILES string of the molecule is O=C(NS(=O)(=O)c1ccccc1OC(F)F)N1N=C(C2CC2)CC1c1ccccc1. The van der Waals surface area contributed by atoms with Crippen molar-refractivity contribution in [2.75, 3.05) is 0 Å². The van der Waals surface area contributed by atoms with Crippen molar-refractivity contribution >= 4 is 21.8 Å². The molecule has 1 atom stereocenters. The second-order valence-corrected chi connectivity index (χ2v) is 8.73. The molecule has 1 saturated carbocycles. The molecule has 1 aliphatic heterocycles. The van der Waals surface area contributed by atoms with Crippen molar-refractivity contribution < 1.29 is 26.7 Å². The van der Waals surface area contributed by atoms with Crippen LogP contribution >= 0.6 is 0 Å². The van der Waals surface area contributed by atoms with Crippen LogP contribution in [0.2, 0.25) is 0 Å². The van der Waals surface area contributed by atoms with E-state index in [0.29, 0.717) is 12.3 Å². The number of urea groups is 1. The minimum Gasteiger partial charge on any atom is -0.433 e. The van der Waals surface area contributed by atoms with Gasteiger partial charge in [-0.15, -0.1) is 0 Å². The molecule has 1 aliphatic carbocycles. The molecule has 0 bridgehead atoms. The van der Waals surface area contributed by atoms with Gasteiger partial charge in [0.15, 0.2) is 0 Å². The Morgan fingerprint density at radius 1 is 1.10 bits per heavy atom. The largest absolute Gasteiger partial charge is 0.433 e. The van der Waals surface area contributed by atoms with Crippen molar-refractivity contribution in [1.82, 2.24) is 9.73 Å². The average Bonchev–Trinajstić information content (AvgIpc) is 3.46. The third-order valence-electron chi connectivity index (χ3n) is 4.95. The molecule has 0 spiro atoms. The van der Waals surface area contributed by atoms with Gasteiger partial charge in [0.1, 0.15) is 10.6 Å². The molecule has 2 amide bonds. The summed E-state index contributed by atoms with van der Waals surface area (Å²) < 4.78 is 57.0. The van der Waals surface area contributed by atoms with Crippen molar-refractivity contribution in [2.45, 2.75) is 36.8 Å². The number of para-hydroxylation sites is 1. The number of hydrogen-bond donors (Lipinski definition) is 1. The summed E-state index contributed by atoms with van der Waals surface area (Å²) >= 11 is 0. The Kier molecular flexibility index (Phi) is 5.42. The molecule has 1 heterocycles. The zero-order valence-electron chi connectivity index (χ0n) is 15.7. The summed E-state index contributed by atoms with van der Waals surface area (Å²) in [6.07, 6.45) is 2.51. The predicted octanol–water partition coefficient (Wildman–Crippen LogP) is 3.90. The third kappa shape index (κ3) is 4.28. The van der Waals surface area contributed by atoms with Crippen LogP contribution in [0.25, 0.3) is 0 Å². The number of rotatable bonds is 6. The quantitative estimate of drug-likeness (QED) is 0.746. The molecule has 30 heavy (non-hydrogen) atoms.